The average Bonchev–Trinajstić information content (AvgIpc) is 2.91. The van der Waals surface area contributed by atoms with Gasteiger partial charge in [0.15, 0.2) is 0 Å². The quantitative estimate of drug-likeness (QED) is 0.760. The molecule has 0 aromatic carbocycles. The van der Waals surface area contributed by atoms with Gasteiger partial charge in [-0.3, -0.25) is 5.10 Å². The highest BCUT2D eigenvalue weighted by Gasteiger charge is 2.30. The van der Waals surface area contributed by atoms with E-state index in [1.165, 1.54) is 16.7 Å². The first-order valence-electron chi connectivity index (χ1n) is 5.86. The smallest absolute Gasteiger partial charge is 0.246 e. The van der Waals surface area contributed by atoms with Gasteiger partial charge in [0.25, 0.3) is 0 Å². The molecule has 1 aliphatic heterocycles. The fourth-order valence-corrected chi connectivity index (χ4v) is 3.36. The number of piperidine rings is 1. The van der Waals surface area contributed by atoms with Crippen molar-refractivity contribution in [1.29, 1.82) is 0 Å². The molecular formula is C10H17N3O4S. The van der Waals surface area contributed by atoms with Gasteiger partial charge < -0.3 is 9.84 Å². The van der Waals surface area contributed by atoms with Crippen LogP contribution in [0.3, 0.4) is 0 Å². The monoisotopic (exact) mass is 275 g/mol. The molecule has 2 rings (SSSR count). The van der Waals surface area contributed by atoms with Gasteiger partial charge in [-0.1, -0.05) is 0 Å². The zero-order valence-corrected chi connectivity index (χ0v) is 10.8. The van der Waals surface area contributed by atoms with E-state index in [-0.39, 0.29) is 17.6 Å². The molecular weight excluding hydrogens is 258 g/mol. The van der Waals surface area contributed by atoms with E-state index in [1.54, 1.807) is 0 Å². The lowest BCUT2D eigenvalue weighted by molar-refractivity contribution is 0.00318. The molecule has 0 amide bonds. The molecule has 2 heterocycles. The molecule has 18 heavy (non-hydrogen) atoms. The van der Waals surface area contributed by atoms with E-state index < -0.39 is 10.0 Å². The molecule has 1 aromatic rings. The predicted molar refractivity (Wildman–Crippen MR) is 63.4 cm³/mol. The number of aromatic amines is 1. The van der Waals surface area contributed by atoms with Crippen molar-refractivity contribution in [1.82, 2.24) is 14.5 Å². The Morgan fingerprint density at radius 1 is 1.50 bits per heavy atom. The van der Waals surface area contributed by atoms with Crippen molar-refractivity contribution in [3.05, 3.63) is 12.4 Å². The molecule has 0 unspecified atom stereocenters. The summed E-state index contributed by atoms with van der Waals surface area (Å²) in [5.74, 6) is 0. The van der Waals surface area contributed by atoms with E-state index in [0.29, 0.717) is 32.5 Å². The Hall–Kier alpha value is -0.960. The van der Waals surface area contributed by atoms with Crippen molar-refractivity contribution in [2.75, 3.05) is 26.3 Å². The molecule has 1 aliphatic rings. The van der Waals surface area contributed by atoms with Crippen LogP contribution in [0.5, 0.6) is 0 Å². The largest absolute Gasteiger partial charge is 0.394 e. The maximum atomic E-state index is 12.2. The number of nitrogens with zero attached hydrogens (tertiary/aromatic N) is 2. The molecule has 0 aliphatic carbocycles. The Labute approximate surface area is 106 Å². The normalized spacial score (nSPS) is 19.2. The molecule has 102 valence electrons. The van der Waals surface area contributed by atoms with Gasteiger partial charge in [0.05, 0.1) is 25.5 Å². The number of aromatic nitrogens is 2. The van der Waals surface area contributed by atoms with Gasteiger partial charge in [0.2, 0.25) is 10.0 Å². The summed E-state index contributed by atoms with van der Waals surface area (Å²) in [6.07, 6.45) is 4.02. The lowest BCUT2D eigenvalue weighted by Crippen LogP contribution is -2.40. The van der Waals surface area contributed by atoms with E-state index in [1.807, 2.05) is 0 Å². The van der Waals surface area contributed by atoms with Crippen LogP contribution >= 0.6 is 0 Å². The Morgan fingerprint density at radius 2 is 2.22 bits per heavy atom. The van der Waals surface area contributed by atoms with E-state index in [0.717, 1.165) is 0 Å². The van der Waals surface area contributed by atoms with Crippen LogP contribution in [-0.4, -0.2) is 60.4 Å². The summed E-state index contributed by atoms with van der Waals surface area (Å²) in [6, 6.07) is 0. The third-order valence-electron chi connectivity index (χ3n) is 2.96. The highest BCUT2D eigenvalue weighted by atomic mass is 32.2. The number of H-pyrrole nitrogens is 1. The molecule has 0 spiro atoms. The third-order valence-corrected chi connectivity index (χ3v) is 4.82. The second kappa shape index (κ2) is 5.79. The second-order valence-electron chi connectivity index (χ2n) is 4.13. The molecule has 2 N–H and O–H groups in total. The van der Waals surface area contributed by atoms with Crippen molar-refractivity contribution in [2.24, 2.45) is 0 Å². The first-order valence-corrected chi connectivity index (χ1v) is 7.30. The van der Waals surface area contributed by atoms with Crippen LogP contribution in [0.1, 0.15) is 12.8 Å². The highest BCUT2D eigenvalue weighted by Crippen LogP contribution is 2.21. The first kappa shape index (κ1) is 13.5. The summed E-state index contributed by atoms with van der Waals surface area (Å²) < 4.78 is 31.1. The number of hydrogen-bond acceptors (Lipinski definition) is 5. The van der Waals surface area contributed by atoms with Crippen molar-refractivity contribution < 1.29 is 18.3 Å². The Bertz CT molecular complexity index is 451. The first-order chi connectivity index (χ1) is 8.64. The third kappa shape index (κ3) is 2.89. The maximum Gasteiger partial charge on any atom is 0.246 e. The predicted octanol–water partition coefficient (Wildman–Crippen LogP) is -0.428. The molecule has 8 heteroatoms. The van der Waals surface area contributed by atoms with Gasteiger partial charge in [-0.05, 0) is 12.8 Å². The van der Waals surface area contributed by atoms with Crippen molar-refractivity contribution in [2.45, 2.75) is 23.8 Å². The van der Waals surface area contributed by atoms with Crippen molar-refractivity contribution in [3.63, 3.8) is 0 Å². The molecule has 0 bridgehead atoms. The maximum absolute atomic E-state index is 12.2. The van der Waals surface area contributed by atoms with Crippen LogP contribution in [0.2, 0.25) is 0 Å². The summed E-state index contributed by atoms with van der Waals surface area (Å²) in [5.41, 5.74) is 0. The van der Waals surface area contributed by atoms with Crippen LogP contribution in [-0.2, 0) is 14.8 Å². The molecule has 0 saturated carbocycles. The minimum Gasteiger partial charge on any atom is -0.394 e. The number of rotatable bonds is 5. The summed E-state index contributed by atoms with van der Waals surface area (Å²) >= 11 is 0. The summed E-state index contributed by atoms with van der Waals surface area (Å²) in [6.45, 7) is 1.17. The van der Waals surface area contributed by atoms with Gasteiger partial charge in [-0.15, -0.1) is 0 Å². The Balaban J connectivity index is 1.94. The van der Waals surface area contributed by atoms with Crippen molar-refractivity contribution >= 4 is 10.0 Å². The standard InChI is InChI=1S/C10H17N3O4S/c14-5-6-17-9-1-3-13(4-2-9)18(15,16)10-7-11-12-8-10/h7-9,14H,1-6H2,(H,11,12). The minimum atomic E-state index is -3.43. The van der Waals surface area contributed by atoms with Crippen LogP contribution in [0.15, 0.2) is 17.3 Å². The number of hydrogen-bond donors (Lipinski definition) is 2. The number of aliphatic hydroxyl groups excluding tert-OH is 1. The van der Waals surface area contributed by atoms with Gasteiger partial charge in [-0.2, -0.15) is 9.40 Å². The zero-order valence-electron chi connectivity index (χ0n) is 9.95. The molecule has 1 aromatic heterocycles. The topological polar surface area (TPSA) is 95.5 Å². The van der Waals surface area contributed by atoms with Crippen LogP contribution in [0, 0.1) is 0 Å². The molecule has 1 fully saturated rings. The lowest BCUT2D eigenvalue weighted by Gasteiger charge is -2.30. The number of aliphatic hydroxyl groups is 1. The van der Waals surface area contributed by atoms with Gasteiger partial charge in [-0.25, -0.2) is 8.42 Å². The summed E-state index contributed by atoms with van der Waals surface area (Å²) in [7, 11) is -3.43. The lowest BCUT2D eigenvalue weighted by atomic mass is 10.1. The second-order valence-corrected chi connectivity index (χ2v) is 6.07. The summed E-state index contributed by atoms with van der Waals surface area (Å²) in [5, 5.41) is 14.8. The molecule has 7 nitrogen and oxygen atoms in total. The molecule has 1 saturated heterocycles. The van der Waals surface area contributed by atoms with Gasteiger partial charge in [0, 0.05) is 19.3 Å². The van der Waals surface area contributed by atoms with E-state index in [9.17, 15) is 8.42 Å². The fourth-order valence-electron chi connectivity index (χ4n) is 1.99. The zero-order chi connectivity index (χ0) is 13.0. The van der Waals surface area contributed by atoms with E-state index in [2.05, 4.69) is 10.2 Å². The van der Waals surface area contributed by atoms with Gasteiger partial charge >= 0.3 is 0 Å². The van der Waals surface area contributed by atoms with Crippen LogP contribution in [0.4, 0.5) is 0 Å². The minimum absolute atomic E-state index is 0.00642. The molecule has 0 radical (unpaired) electrons. The number of sulfonamides is 1. The fraction of sp³-hybridized carbons (Fsp3) is 0.700. The SMILES string of the molecule is O=S(=O)(c1cn[nH]c1)N1CCC(OCCO)CC1. The van der Waals surface area contributed by atoms with Crippen LogP contribution in [0.25, 0.3) is 0 Å². The average molecular weight is 275 g/mol. The van der Waals surface area contributed by atoms with E-state index >= 15 is 0 Å². The number of ether oxygens (including phenoxy) is 1. The van der Waals surface area contributed by atoms with Crippen LogP contribution < -0.4 is 0 Å². The Kier molecular flexibility index (Phi) is 4.33. The highest BCUT2D eigenvalue weighted by molar-refractivity contribution is 7.89. The van der Waals surface area contributed by atoms with Crippen molar-refractivity contribution in [3.8, 4) is 0 Å². The molecule has 0 atom stereocenters. The number of nitrogens with one attached hydrogen (secondary N) is 1. The summed E-state index contributed by atoms with van der Waals surface area (Å²) in [4.78, 5) is 0.192. The van der Waals surface area contributed by atoms with Gasteiger partial charge in [0.1, 0.15) is 4.90 Å². The Morgan fingerprint density at radius 3 is 2.78 bits per heavy atom. The van der Waals surface area contributed by atoms with E-state index in [4.69, 9.17) is 9.84 Å².